The van der Waals surface area contributed by atoms with Gasteiger partial charge in [0.1, 0.15) is 11.4 Å². The maximum Gasteiger partial charge on any atom is 0.222 e. The van der Waals surface area contributed by atoms with Crippen molar-refractivity contribution in [2.45, 2.75) is 33.1 Å². The lowest BCUT2D eigenvalue weighted by Crippen LogP contribution is -2.13. The molecule has 1 aromatic heterocycles. The van der Waals surface area contributed by atoms with Crippen LogP contribution in [0.4, 0.5) is 5.88 Å². The van der Waals surface area contributed by atoms with Gasteiger partial charge in [-0.2, -0.15) is 0 Å². The average Bonchev–Trinajstić information content (AvgIpc) is 2.74. The Bertz CT molecular complexity index is 595. The van der Waals surface area contributed by atoms with E-state index in [9.17, 15) is 0 Å². The molecule has 2 rings (SSSR count). The van der Waals surface area contributed by atoms with Gasteiger partial charge in [-0.15, -0.1) is 0 Å². The van der Waals surface area contributed by atoms with Crippen LogP contribution in [0.1, 0.15) is 31.9 Å². The van der Waals surface area contributed by atoms with Crippen LogP contribution in [0.5, 0.6) is 5.75 Å². The van der Waals surface area contributed by atoms with Crippen molar-refractivity contribution in [2.75, 3.05) is 12.8 Å². The maximum atomic E-state index is 5.58. The third-order valence-electron chi connectivity index (χ3n) is 3.16. The predicted octanol–water partition coefficient (Wildman–Crippen LogP) is 3.54. The zero-order valence-electron chi connectivity index (χ0n) is 12.1. The molecule has 0 atom stereocenters. The van der Waals surface area contributed by atoms with Crippen LogP contribution in [0.3, 0.4) is 0 Å². The summed E-state index contributed by atoms with van der Waals surface area (Å²) in [7, 11) is 1.68. The molecule has 0 fully saturated rings. The molecule has 4 nitrogen and oxygen atoms in total. The zero-order chi connectivity index (χ0) is 14.2. The van der Waals surface area contributed by atoms with Crippen LogP contribution in [-0.2, 0) is 5.41 Å². The fourth-order valence-electron chi connectivity index (χ4n) is 2.14. The van der Waals surface area contributed by atoms with E-state index in [4.69, 9.17) is 15.0 Å². The second-order valence-electron chi connectivity index (χ2n) is 5.73. The SMILES string of the molecule is COc1cc(-c2cc(N)on2)c(C)cc1C(C)(C)C. The number of anilines is 1. The number of benzene rings is 1. The molecule has 0 spiro atoms. The summed E-state index contributed by atoms with van der Waals surface area (Å²) in [5, 5.41) is 3.96. The predicted molar refractivity (Wildman–Crippen MR) is 76.3 cm³/mol. The second-order valence-corrected chi connectivity index (χ2v) is 5.73. The van der Waals surface area contributed by atoms with Gasteiger partial charge in [0.05, 0.1) is 7.11 Å². The van der Waals surface area contributed by atoms with Crippen LogP contribution in [0.15, 0.2) is 22.7 Å². The first-order valence-corrected chi connectivity index (χ1v) is 6.24. The fraction of sp³-hybridized carbons (Fsp3) is 0.400. The summed E-state index contributed by atoms with van der Waals surface area (Å²) in [4.78, 5) is 0. The Morgan fingerprint density at radius 1 is 1.21 bits per heavy atom. The Labute approximate surface area is 113 Å². The number of nitrogen functional groups attached to an aromatic ring is 1. The van der Waals surface area contributed by atoms with E-state index in [-0.39, 0.29) is 5.41 Å². The van der Waals surface area contributed by atoms with Crippen molar-refractivity contribution in [1.29, 1.82) is 0 Å². The van der Waals surface area contributed by atoms with Gasteiger partial charge in [-0.3, -0.25) is 0 Å². The third kappa shape index (κ3) is 2.57. The lowest BCUT2D eigenvalue weighted by atomic mass is 9.84. The highest BCUT2D eigenvalue weighted by Crippen LogP contribution is 2.37. The Morgan fingerprint density at radius 3 is 2.37 bits per heavy atom. The number of methoxy groups -OCH3 is 1. The quantitative estimate of drug-likeness (QED) is 0.897. The molecule has 0 aliphatic heterocycles. The summed E-state index contributed by atoms with van der Waals surface area (Å²) >= 11 is 0. The van der Waals surface area contributed by atoms with Gasteiger partial charge in [-0.1, -0.05) is 32.0 Å². The molecule has 102 valence electrons. The molecule has 1 heterocycles. The summed E-state index contributed by atoms with van der Waals surface area (Å²) in [6, 6.07) is 5.85. The van der Waals surface area contributed by atoms with Crippen molar-refractivity contribution < 1.29 is 9.26 Å². The summed E-state index contributed by atoms with van der Waals surface area (Å²) in [6.45, 7) is 8.54. The zero-order valence-corrected chi connectivity index (χ0v) is 12.1. The molecule has 2 aromatic rings. The summed E-state index contributed by atoms with van der Waals surface area (Å²) in [5.74, 6) is 1.17. The largest absolute Gasteiger partial charge is 0.496 e. The van der Waals surface area contributed by atoms with Crippen molar-refractivity contribution in [3.8, 4) is 17.0 Å². The lowest BCUT2D eigenvalue weighted by Gasteiger charge is -2.23. The third-order valence-corrected chi connectivity index (χ3v) is 3.16. The minimum Gasteiger partial charge on any atom is -0.496 e. The number of hydrogen-bond acceptors (Lipinski definition) is 4. The second kappa shape index (κ2) is 4.61. The number of rotatable bonds is 2. The van der Waals surface area contributed by atoms with Crippen molar-refractivity contribution in [3.63, 3.8) is 0 Å². The first-order valence-electron chi connectivity index (χ1n) is 6.24. The first-order chi connectivity index (χ1) is 8.82. The van der Waals surface area contributed by atoms with Crippen LogP contribution in [0.2, 0.25) is 0 Å². The number of aryl methyl sites for hydroxylation is 1. The number of nitrogens with zero attached hydrogens (tertiary/aromatic N) is 1. The molecule has 0 saturated carbocycles. The molecule has 0 aliphatic carbocycles. The summed E-state index contributed by atoms with van der Waals surface area (Å²) in [6.07, 6.45) is 0. The van der Waals surface area contributed by atoms with E-state index in [0.717, 1.165) is 22.6 Å². The normalized spacial score (nSPS) is 11.6. The molecule has 2 N–H and O–H groups in total. The van der Waals surface area contributed by atoms with E-state index in [1.54, 1.807) is 13.2 Å². The van der Waals surface area contributed by atoms with Crippen molar-refractivity contribution in [1.82, 2.24) is 5.16 Å². The standard InChI is InChI=1S/C15H20N2O2/c1-9-6-11(15(2,3)4)13(18-5)7-10(9)12-8-14(16)19-17-12/h6-8H,16H2,1-5H3. The van der Waals surface area contributed by atoms with E-state index in [0.29, 0.717) is 5.88 Å². The Morgan fingerprint density at radius 2 is 1.89 bits per heavy atom. The van der Waals surface area contributed by atoms with Gasteiger partial charge >= 0.3 is 0 Å². The molecule has 0 unspecified atom stereocenters. The van der Waals surface area contributed by atoms with E-state index in [2.05, 4.69) is 38.9 Å². The van der Waals surface area contributed by atoms with Crippen LogP contribution >= 0.6 is 0 Å². The highest BCUT2D eigenvalue weighted by Gasteiger charge is 2.21. The minimum atomic E-state index is 0.0253. The van der Waals surface area contributed by atoms with Crippen LogP contribution in [0, 0.1) is 6.92 Å². The van der Waals surface area contributed by atoms with E-state index in [1.165, 1.54) is 5.56 Å². The molecule has 0 bridgehead atoms. The van der Waals surface area contributed by atoms with Gasteiger partial charge in [0.2, 0.25) is 5.88 Å². The summed E-state index contributed by atoms with van der Waals surface area (Å²) < 4.78 is 10.4. The van der Waals surface area contributed by atoms with Gasteiger partial charge in [0.15, 0.2) is 0 Å². The fourth-order valence-corrected chi connectivity index (χ4v) is 2.14. The minimum absolute atomic E-state index is 0.0253. The van der Waals surface area contributed by atoms with E-state index in [1.807, 2.05) is 6.07 Å². The van der Waals surface area contributed by atoms with Gasteiger partial charge in [-0.25, -0.2) is 0 Å². The van der Waals surface area contributed by atoms with Crippen molar-refractivity contribution >= 4 is 5.88 Å². The number of hydrogen-bond donors (Lipinski definition) is 1. The number of ether oxygens (including phenoxy) is 1. The number of aromatic nitrogens is 1. The van der Waals surface area contributed by atoms with Gasteiger partial charge in [-0.05, 0) is 29.5 Å². The highest BCUT2D eigenvalue weighted by atomic mass is 16.5. The molecular weight excluding hydrogens is 240 g/mol. The van der Waals surface area contributed by atoms with Crippen LogP contribution in [-0.4, -0.2) is 12.3 Å². The molecule has 0 radical (unpaired) electrons. The highest BCUT2D eigenvalue weighted by molar-refractivity contribution is 5.68. The maximum absolute atomic E-state index is 5.58. The monoisotopic (exact) mass is 260 g/mol. The molecule has 0 aliphatic rings. The lowest BCUT2D eigenvalue weighted by molar-refractivity contribution is 0.397. The molecule has 0 amide bonds. The van der Waals surface area contributed by atoms with Gasteiger partial charge < -0.3 is 15.0 Å². The summed E-state index contributed by atoms with van der Waals surface area (Å²) in [5.41, 5.74) is 9.61. The van der Waals surface area contributed by atoms with E-state index >= 15 is 0 Å². The average molecular weight is 260 g/mol. The van der Waals surface area contributed by atoms with Gasteiger partial charge in [0.25, 0.3) is 0 Å². The molecule has 19 heavy (non-hydrogen) atoms. The smallest absolute Gasteiger partial charge is 0.222 e. The molecule has 4 heteroatoms. The Kier molecular flexibility index (Phi) is 3.27. The molecular formula is C15H20N2O2. The van der Waals surface area contributed by atoms with Crippen molar-refractivity contribution in [3.05, 3.63) is 29.3 Å². The Hall–Kier alpha value is -1.97. The Balaban J connectivity index is 2.60. The van der Waals surface area contributed by atoms with Crippen LogP contribution in [0.25, 0.3) is 11.3 Å². The van der Waals surface area contributed by atoms with Crippen LogP contribution < -0.4 is 10.5 Å². The molecule has 0 saturated heterocycles. The van der Waals surface area contributed by atoms with E-state index < -0.39 is 0 Å². The number of nitrogens with two attached hydrogens (primary N) is 1. The first kappa shape index (κ1) is 13.5. The topological polar surface area (TPSA) is 61.3 Å². The van der Waals surface area contributed by atoms with Gasteiger partial charge in [0, 0.05) is 11.6 Å². The molecule has 1 aromatic carbocycles. The van der Waals surface area contributed by atoms with Crippen molar-refractivity contribution in [2.24, 2.45) is 0 Å².